The Morgan fingerprint density at radius 3 is 2.50 bits per heavy atom. The molecule has 0 radical (unpaired) electrons. The Balaban J connectivity index is 0.000000882. The third-order valence-electron chi connectivity index (χ3n) is 6.11. The molecule has 4 aliphatic rings. The van der Waals surface area contributed by atoms with Crippen LogP contribution in [0, 0.1) is 11.8 Å². The molecular formula is C18H24Cl2HfSi. The van der Waals surface area contributed by atoms with Crippen molar-refractivity contribution in [2.24, 2.45) is 11.8 Å². The van der Waals surface area contributed by atoms with Gasteiger partial charge in [-0.05, 0) is 0 Å². The minimum Gasteiger partial charge on any atom is -1.00 e. The molecule has 118 valence electrons. The van der Waals surface area contributed by atoms with Crippen LogP contribution in [0.5, 0.6) is 0 Å². The van der Waals surface area contributed by atoms with Crippen LogP contribution in [0.15, 0.2) is 45.9 Å². The molecule has 4 rings (SSSR count). The third-order valence-corrected chi connectivity index (χ3v) is 18.8. The molecule has 4 heteroatoms. The number of fused-ring (bicyclic) bond motifs is 1. The van der Waals surface area contributed by atoms with E-state index in [4.69, 9.17) is 0 Å². The first kappa shape index (κ1) is 19.0. The van der Waals surface area contributed by atoms with Crippen molar-refractivity contribution in [3.63, 3.8) is 0 Å². The Morgan fingerprint density at radius 2 is 1.86 bits per heavy atom. The van der Waals surface area contributed by atoms with Crippen LogP contribution in [0.1, 0.15) is 19.3 Å². The first-order valence-corrected chi connectivity index (χ1v) is 15.1. The Labute approximate surface area is 159 Å². The molecule has 0 aromatic carbocycles. The van der Waals surface area contributed by atoms with Crippen LogP contribution < -0.4 is 24.8 Å². The van der Waals surface area contributed by atoms with Gasteiger partial charge in [-0.1, -0.05) is 0 Å². The molecule has 0 amide bonds. The third kappa shape index (κ3) is 3.36. The number of hydrogen-bond donors (Lipinski definition) is 0. The molecule has 0 aromatic rings. The van der Waals surface area contributed by atoms with E-state index < -0.39 is 31.0 Å². The molecule has 0 aromatic heterocycles. The van der Waals surface area contributed by atoms with Gasteiger partial charge in [0.2, 0.25) is 0 Å². The summed E-state index contributed by atoms with van der Waals surface area (Å²) in [5, 5.41) is 0. The van der Waals surface area contributed by atoms with E-state index in [1.165, 1.54) is 10.1 Å². The Hall–Kier alpha value is 0.627. The largest absolute Gasteiger partial charge is 1.00 e. The summed E-state index contributed by atoms with van der Waals surface area (Å²) in [5.41, 5.74) is 1.15. The zero-order chi connectivity index (χ0) is 13.6. The van der Waals surface area contributed by atoms with Crippen molar-refractivity contribution >= 4 is 8.07 Å². The summed E-state index contributed by atoms with van der Waals surface area (Å²) in [7, 11) is -0.891. The standard InChI is InChI=1S/C13H19Si.C5H5.2ClH.Hf/c1-14(9-4-10-14)13-8-7-11-5-2-3-6-12(11)13;1-2-4-5-3-1;;;/h2-3,5-6,8,11-13H,4,7,9-10H2,1H3;1-3H,4H2;2*1H;/q;;;;+2/p-2. The van der Waals surface area contributed by atoms with Crippen molar-refractivity contribution in [1.82, 2.24) is 0 Å². The zero-order valence-corrected chi connectivity index (χ0v) is 19.2. The van der Waals surface area contributed by atoms with Gasteiger partial charge >= 0.3 is 136 Å². The molecule has 4 unspecified atom stereocenters. The number of rotatable bonds is 3. The summed E-state index contributed by atoms with van der Waals surface area (Å²) >= 11 is -0.592. The van der Waals surface area contributed by atoms with Gasteiger partial charge in [0.25, 0.3) is 0 Å². The summed E-state index contributed by atoms with van der Waals surface area (Å²) in [6, 6.07) is 3.27. The number of allylic oxidation sites excluding steroid dienone is 8. The van der Waals surface area contributed by atoms with Gasteiger partial charge in [-0.3, -0.25) is 0 Å². The Kier molecular flexibility index (Phi) is 6.61. The van der Waals surface area contributed by atoms with E-state index in [2.05, 4.69) is 49.1 Å². The second-order valence-corrected chi connectivity index (χ2v) is 18.3. The van der Waals surface area contributed by atoms with Crippen LogP contribution in [-0.2, 0) is 22.9 Å². The zero-order valence-electron chi connectivity index (χ0n) is 13.1. The predicted molar refractivity (Wildman–Crippen MR) is 85.1 cm³/mol. The predicted octanol–water partition coefficient (Wildman–Crippen LogP) is -0.676. The Morgan fingerprint density at radius 1 is 1.09 bits per heavy atom. The Bertz CT molecular complexity index is 519. The van der Waals surface area contributed by atoms with Gasteiger partial charge in [0.15, 0.2) is 0 Å². The fourth-order valence-electron chi connectivity index (χ4n) is 4.96. The summed E-state index contributed by atoms with van der Waals surface area (Å²) in [5.74, 6) is 1.84. The van der Waals surface area contributed by atoms with Gasteiger partial charge in [0.05, 0.1) is 0 Å². The molecule has 2 fully saturated rings. The molecule has 22 heavy (non-hydrogen) atoms. The molecule has 1 saturated carbocycles. The van der Waals surface area contributed by atoms with E-state index in [0.717, 1.165) is 17.4 Å². The second kappa shape index (κ2) is 7.67. The molecule has 1 saturated heterocycles. The van der Waals surface area contributed by atoms with Crippen molar-refractivity contribution in [2.75, 3.05) is 0 Å². The molecular weight excluding hydrogens is 494 g/mol. The second-order valence-electron chi connectivity index (χ2n) is 7.36. The van der Waals surface area contributed by atoms with Crippen LogP contribution in [0.25, 0.3) is 0 Å². The average Bonchev–Trinajstić information content (AvgIpc) is 3.03. The van der Waals surface area contributed by atoms with Crippen LogP contribution in [0.4, 0.5) is 0 Å². The van der Waals surface area contributed by atoms with E-state index in [0.29, 0.717) is 0 Å². The maximum atomic E-state index is 2.74. The first-order chi connectivity index (χ1) is 9.76. The van der Waals surface area contributed by atoms with Crippen molar-refractivity contribution < 1.29 is 47.7 Å². The van der Waals surface area contributed by atoms with Gasteiger partial charge in [-0.2, -0.15) is 0 Å². The van der Waals surface area contributed by atoms with Gasteiger partial charge in [-0.25, -0.2) is 0 Å². The average molecular weight is 518 g/mol. The SMILES string of the molecule is C[Si]1(C2[CH]([Hf+2][C]3=CC=CC3)CC3C=CC=CC32)CCC1.[Cl-].[Cl-]. The number of halogens is 2. The molecule has 0 N–H and O–H groups in total. The van der Waals surface area contributed by atoms with Crippen molar-refractivity contribution in [2.45, 2.75) is 47.1 Å². The van der Waals surface area contributed by atoms with E-state index in [1.807, 2.05) is 3.33 Å². The van der Waals surface area contributed by atoms with Crippen LogP contribution in [0.3, 0.4) is 0 Å². The molecule has 3 aliphatic carbocycles. The summed E-state index contributed by atoms with van der Waals surface area (Å²) in [6.45, 7) is 2.74. The van der Waals surface area contributed by atoms with Gasteiger partial charge < -0.3 is 24.8 Å². The van der Waals surface area contributed by atoms with Crippen LogP contribution in [0.2, 0.25) is 27.9 Å². The molecule has 0 nitrogen and oxygen atoms in total. The summed E-state index contributed by atoms with van der Waals surface area (Å²) < 4.78 is 3.06. The maximum absolute atomic E-state index is 2.74. The molecule has 1 heterocycles. The van der Waals surface area contributed by atoms with Gasteiger partial charge in [-0.15, -0.1) is 0 Å². The molecule has 4 atom stereocenters. The fraction of sp³-hybridized carbons (Fsp3) is 0.556. The smallest absolute Gasteiger partial charge is 1.00 e. The summed E-state index contributed by atoms with van der Waals surface area (Å²) in [6.07, 6.45) is 21.3. The van der Waals surface area contributed by atoms with E-state index in [9.17, 15) is 0 Å². The normalized spacial score (nSPS) is 36.5. The maximum Gasteiger partial charge on any atom is -1.00 e. The first-order valence-electron chi connectivity index (χ1n) is 8.23. The molecule has 1 aliphatic heterocycles. The van der Waals surface area contributed by atoms with Crippen molar-refractivity contribution in [3.8, 4) is 0 Å². The topological polar surface area (TPSA) is 0 Å². The fourth-order valence-corrected chi connectivity index (χ4v) is 20.6. The monoisotopic (exact) mass is 518 g/mol. The van der Waals surface area contributed by atoms with Gasteiger partial charge in [0.1, 0.15) is 0 Å². The quantitative estimate of drug-likeness (QED) is 0.436. The van der Waals surface area contributed by atoms with Crippen molar-refractivity contribution in [1.29, 1.82) is 0 Å². The van der Waals surface area contributed by atoms with Crippen LogP contribution in [-0.4, -0.2) is 8.07 Å². The molecule has 0 bridgehead atoms. The van der Waals surface area contributed by atoms with Gasteiger partial charge in [0, 0.05) is 0 Å². The summed E-state index contributed by atoms with van der Waals surface area (Å²) in [4.78, 5) is 0. The van der Waals surface area contributed by atoms with Crippen molar-refractivity contribution in [3.05, 3.63) is 45.9 Å². The van der Waals surface area contributed by atoms with E-state index in [1.54, 1.807) is 24.9 Å². The van der Waals surface area contributed by atoms with Crippen LogP contribution >= 0.6 is 0 Å². The van der Waals surface area contributed by atoms with E-state index >= 15 is 0 Å². The molecule has 0 spiro atoms. The minimum atomic E-state index is -0.891. The van der Waals surface area contributed by atoms with E-state index in [-0.39, 0.29) is 24.8 Å². The number of hydrogen-bond acceptors (Lipinski definition) is 0. The minimum absolute atomic E-state index is 0.